The maximum absolute atomic E-state index is 9.94. The molecule has 4 rings (SSSR count). The number of benzene rings is 2. The number of aromatic nitrogens is 1. The van der Waals surface area contributed by atoms with Gasteiger partial charge < -0.3 is 15.0 Å². The Morgan fingerprint density at radius 3 is 2.86 bits per heavy atom. The largest absolute Gasteiger partial charge is 0.508 e. The lowest BCUT2D eigenvalue weighted by molar-refractivity contribution is 0.469. The third-order valence-corrected chi connectivity index (χ3v) is 4.51. The highest BCUT2D eigenvalue weighted by atomic mass is 16.3. The lowest BCUT2D eigenvalue weighted by Gasteiger charge is -2.07. The van der Waals surface area contributed by atoms with Crippen LogP contribution in [-0.4, -0.2) is 22.8 Å². The smallest absolute Gasteiger partial charge is 0.119 e. The summed E-state index contributed by atoms with van der Waals surface area (Å²) in [6.07, 6.45) is 1.86. The van der Waals surface area contributed by atoms with Crippen LogP contribution in [0.25, 0.3) is 10.9 Å². The average Bonchev–Trinajstić information content (AvgIpc) is 2.70. The van der Waals surface area contributed by atoms with Gasteiger partial charge in [-0.1, -0.05) is 24.3 Å². The molecule has 2 aromatic carbocycles. The maximum atomic E-state index is 9.94. The van der Waals surface area contributed by atoms with Crippen molar-refractivity contribution in [3.63, 3.8) is 0 Å². The molecule has 1 aliphatic rings. The Morgan fingerprint density at radius 1 is 1.05 bits per heavy atom. The van der Waals surface area contributed by atoms with E-state index in [0.29, 0.717) is 5.75 Å². The highest BCUT2D eigenvalue weighted by Crippen LogP contribution is 2.25. The van der Waals surface area contributed by atoms with E-state index in [1.165, 1.54) is 22.2 Å². The van der Waals surface area contributed by atoms with Gasteiger partial charge in [0.25, 0.3) is 0 Å². The lowest BCUT2D eigenvalue weighted by Crippen LogP contribution is -2.17. The van der Waals surface area contributed by atoms with Crippen molar-refractivity contribution in [2.45, 2.75) is 19.4 Å². The molecule has 3 aromatic rings. The van der Waals surface area contributed by atoms with Gasteiger partial charge in [0, 0.05) is 49.1 Å². The lowest BCUT2D eigenvalue weighted by atomic mass is 10.0. The summed E-state index contributed by atoms with van der Waals surface area (Å²) in [5, 5.41) is 14.7. The van der Waals surface area contributed by atoms with Crippen molar-refractivity contribution in [2.24, 2.45) is 0 Å². The van der Waals surface area contributed by atoms with E-state index in [0.717, 1.165) is 38.0 Å². The van der Waals surface area contributed by atoms with E-state index < -0.39 is 0 Å². The quantitative estimate of drug-likeness (QED) is 0.761. The van der Waals surface area contributed by atoms with Crippen LogP contribution in [0.1, 0.15) is 16.8 Å². The van der Waals surface area contributed by atoms with Crippen LogP contribution in [0.5, 0.6) is 5.75 Å². The highest BCUT2D eigenvalue weighted by Gasteiger charge is 2.12. The first kappa shape index (κ1) is 13.4. The normalized spacial score (nSPS) is 14.7. The molecule has 3 heteroatoms. The van der Waals surface area contributed by atoms with E-state index in [2.05, 4.69) is 34.1 Å². The van der Waals surface area contributed by atoms with E-state index in [-0.39, 0.29) is 0 Å². The number of fused-ring (bicyclic) bond motifs is 3. The van der Waals surface area contributed by atoms with Crippen LogP contribution in [0.15, 0.2) is 48.5 Å². The molecule has 3 nitrogen and oxygen atoms in total. The number of rotatable bonds is 2. The van der Waals surface area contributed by atoms with E-state index in [1.54, 1.807) is 6.07 Å². The SMILES string of the molecule is Oc1ccccc1Cc1ccc2c(c1)cc1n2CCNCC1. The maximum Gasteiger partial charge on any atom is 0.119 e. The van der Waals surface area contributed by atoms with Gasteiger partial charge in [-0.3, -0.25) is 0 Å². The zero-order chi connectivity index (χ0) is 14.9. The molecule has 0 radical (unpaired) electrons. The predicted molar refractivity (Wildman–Crippen MR) is 89.4 cm³/mol. The molecule has 0 atom stereocenters. The minimum Gasteiger partial charge on any atom is -0.508 e. The average molecular weight is 292 g/mol. The first-order valence-corrected chi connectivity index (χ1v) is 7.90. The van der Waals surface area contributed by atoms with E-state index >= 15 is 0 Å². The Morgan fingerprint density at radius 2 is 1.95 bits per heavy atom. The molecular formula is C19H20N2O. The molecule has 2 N–H and O–H groups in total. The van der Waals surface area contributed by atoms with Gasteiger partial charge in [0.05, 0.1) is 0 Å². The fourth-order valence-electron chi connectivity index (χ4n) is 3.37. The number of para-hydroxylation sites is 1. The second-order valence-electron chi connectivity index (χ2n) is 5.99. The van der Waals surface area contributed by atoms with Crippen molar-refractivity contribution in [3.8, 4) is 5.75 Å². The third kappa shape index (κ3) is 2.38. The van der Waals surface area contributed by atoms with Gasteiger partial charge in [-0.05, 0) is 35.4 Å². The van der Waals surface area contributed by atoms with Gasteiger partial charge in [0.2, 0.25) is 0 Å². The van der Waals surface area contributed by atoms with Crippen molar-refractivity contribution in [1.82, 2.24) is 9.88 Å². The van der Waals surface area contributed by atoms with Crippen LogP contribution in [0.2, 0.25) is 0 Å². The number of hydrogen-bond acceptors (Lipinski definition) is 2. The summed E-state index contributed by atoms with van der Waals surface area (Å²) in [7, 11) is 0. The molecule has 0 saturated carbocycles. The Labute approximate surface area is 130 Å². The summed E-state index contributed by atoms with van der Waals surface area (Å²) in [6.45, 7) is 3.13. The summed E-state index contributed by atoms with van der Waals surface area (Å²) in [6, 6.07) is 16.6. The number of aromatic hydroxyl groups is 1. The first-order chi connectivity index (χ1) is 10.8. The fourth-order valence-corrected chi connectivity index (χ4v) is 3.37. The molecule has 2 heterocycles. The molecule has 0 bridgehead atoms. The second kappa shape index (κ2) is 5.50. The predicted octanol–water partition coefficient (Wildman–Crippen LogP) is 3.08. The van der Waals surface area contributed by atoms with Crippen molar-refractivity contribution in [3.05, 3.63) is 65.4 Å². The van der Waals surface area contributed by atoms with Crippen molar-refractivity contribution < 1.29 is 5.11 Å². The van der Waals surface area contributed by atoms with E-state index in [4.69, 9.17) is 0 Å². The van der Waals surface area contributed by atoms with Crippen LogP contribution in [-0.2, 0) is 19.4 Å². The van der Waals surface area contributed by atoms with Crippen LogP contribution >= 0.6 is 0 Å². The molecule has 112 valence electrons. The van der Waals surface area contributed by atoms with Gasteiger partial charge in [-0.2, -0.15) is 0 Å². The molecule has 0 spiro atoms. The molecular weight excluding hydrogens is 272 g/mol. The topological polar surface area (TPSA) is 37.2 Å². The fraction of sp³-hybridized carbons (Fsp3) is 0.263. The van der Waals surface area contributed by atoms with Crippen LogP contribution < -0.4 is 5.32 Å². The molecule has 1 aliphatic heterocycles. The number of phenolic OH excluding ortho intramolecular Hbond substituents is 1. The van der Waals surface area contributed by atoms with Gasteiger partial charge in [0.1, 0.15) is 5.75 Å². The minimum absolute atomic E-state index is 0.376. The zero-order valence-corrected chi connectivity index (χ0v) is 12.5. The number of nitrogens with zero attached hydrogens (tertiary/aromatic N) is 1. The third-order valence-electron chi connectivity index (χ3n) is 4.51. The molecule has 22 heavy (non-hydrogen) atoms. The summed E-state index contributed by atoms with van der Waals surface area (Å²) in [5.74, 6) is 0.376. The summed E-state index contributed by atoms with van der Waals surface area (Å²) < 4.78 is 2.43. The van der Waals surface area contributed by atoms with Gasteiger partial charge in [0.15, 0.2) is 0 Å². The first-order valence-electron chi connectivity index (χ1n) is 7.90. The summed E-state index contributed by atoms with van der Waals surface area (Å²) >= 11 is 0. The zero-order valence-electron chi connectivity index (χ0n) is 12.5. The molecule has 0 fully saturated rings. The van der Waals surface area contributed by atoms with Gasteiger partial charge >= 0.3 is 0 Å². The molecule has 0 unspecified atom stereocenters. The Hall–Kier alpha value is -2.26. The Bertz CT molecular complexity index is 819. The van der Waals surface area contributed by atoms with Crippen molar-refractivity contribution in [2.75, 3.05) is 13.1 Å². The van der Waals surface area contributed by atoms with Gasteiger partial charge in [-0.25, -0.2) is 0 Å². The molecule has 1 aromatic heterocycles. The monoisotopic (exact) mass is 292 g/mol. The molecule has 0 aliphatic carbocycles. The number of hydrogen-bond donors (Lipinski definition) is 2. The second-order valence-corrected chi connectivity index (χ2v) is 5.99. The standard InChI is InChI=1S/C19H20N2O/c22-19-4-2-1-3-15(19)11-14-5-6-18-16(12-14)13-17-7-8-20-9-10-21(17)18/h1-6,12-13,20,22H,7-11H2. The molecule has 0 amide bonds. The van der Waals surface area contributed by atoms with Crippen molar-refractivity contribution >= 4 is 10.9 Å². The van der Waals surface area contributed by atoms with Crippen LogP contribution in [0.3, 0.4) is 0 Å². The Kier molecular flexibility index (Phi) is 3.35. The van der Waals surface area contributed by atoms with Crippen LogP contribution in [0.4, 0.5) is 0 Å². The highest BCUT2D eigenvalue weighted by molar-refractivity contribution is 5.82. The number of nitrogens with one attached hydrogen (secondary N) is 1. The van der Waals surface area contributed by atoms with Crippen molar-refractivity contribution in [1.29, 1.82) is 0 Å². The van der Waals surface area contributed by atoms with Crippen LogP contribution in [0, 0.1) is 0 Å². The summed E-state index contributed by atoms with van der Waals surface area (Å²) in [5.41, 5.74) is 4.96. The summed E-state index contributed by atoms with van der Waals surface area (Å²) in [4.78, 5) is 0. The molecule has 0 saturated heterocycles. The minimum atomic E-state index is 0.376. The Balaban J connectivity index is 1.71. The van der Waals surface area contributed by atoms with E-state index in [1.807, 2.05) is 18.2 Å². The van der Waals surface area contributed by atoms with E-state index in [9.17, 15) is 5.11 Å². The number of phenols is 1. The van der Waals surface area contributed by atoms with Gasteiger partial charge in [-0.15, -0.1) is 0 Å².